The zero-order chi connectivity index (χ0) is 13.0. The number of anilines is 2. The van der Waals surface area contributed by atoms with Crippen molar-refractivity contribution in [2.45, 2.75) is 25.4 Å². The molecule has 1 atom stereocenters. The van der Waals surface area contributed by atoms with Crippen LogP contribution >= 0.6 is 0 Å². The molecule has 0 aliphatic carbocycles. The van der Waals surface area contributed by atoms with Crippen molar-refractivity contribution in [3.63, 3.8) is 0 Å². The summed E-state index contributed by atoms with van der Waals surface area (Å²) in [5, 5.41) is 12.0. The number of aromatic carboxylic acids is 1. The Kier molecular flexibility index (Phi) is 3.99. The van der Waals surface area contributed by atoms with Gasteiger partial charge in [0.1, 0.15) is 5.82 Å². The van der Waals surface area contributed by atoms with Crippen molar-refractivity contribution in [3.05, 3.63) is 17.8 Å². The Balaban J connectivity index is 1.92. The summed E-state index contributed by atoms with van der Waals surface area (Å²) in [7, 11) is 0. The molecule has 1 saturated heterocycles. The molecule has 1 fully saturated rings. The van der Waals surface area contributed by atoms with Crippen molar-refractivity contribution in [1.82, 2.24) is 4.98 Å². The molecule has 0 bridgehead atoms. The molecule has 1 unspecified atom stereocenters. The molecule has 2 heterocycles. The third kappa shape index (κ3) is 2.89. The van der Waals surface area contributed by atoms with E-state index in [1.165, 1.54) is 12.3 Å². The smallest absolute Gasteiger partial charge is 0.337 e. The van der Waals surface area contributed by atoms with E-state index in [1.807, 2.05) is 0 Å². The Labute approximate surface area is 105 Å². The Bertz CT molecular complexity index is 431. The number of carboxylic acid groups (broad SMARTS) is 1. The molecule has 98 valence electrons. The van der Waals surface area contributed by atoms with Gasteiger partial charge in [-0.3, -0.25) is 0 Å². The maximum Gasteiger partial charge on any atom is 0.337 e. The van der Waals surface area contributed by atoms with Gasteiger partial charge in [0.25, 0.3) is 0 Å². The van der Waals surface area contributed by atoms with Gasteiger partial charge in [0.15, 0.2) is 0 Å². The second-order valence-corrected chi connectivity index (χ2v) is 4.28. The number of aromatic nitrogens is 1. The summed E-state index contributed by atoms with van der Waals surface area (Å²) < 4.78 is 5.50. The highest BCUT2D eigenvalue weighted by Gasteiger charge is 2.16. The van der Waals surface area contributed by atoms with E-state index in [-0.39, 0.29) is 11.3 Å². The van der Waals surface area contributed by atoms with Crippen LogP contribution in [-0.4, -0.2) is 35.3 Å². The molecule has 2 rings (SSSR count). The lowest BCUT2D eigenvalue weighted by Gasteiger charge is -2.12. The van der Waals surface area contributed by atoms with Crippen LogP contribution < -0.4 is 11.1 Å². The summed E-state index contributed by atoms with van der Waals surface area (Å²) in [5.41, 5.74) is 5.99. The predicted molar refractivity (Wildman–Crippen MR) is 67.7 cm³/mol. The number of hydrogen-bond donors (Lipinski definition) is 3. The van der Waals surface area contributed by atoms with Crippen LogP contribution in [0.1, 0.15) is 29.6 Å². The maximum atomic E-state index is 10.9. The third-order valence-electron chi connectivity index (χ3n) is 3.00. The summed E-state index contributed by atoms with van der Waals surface area (Å²) in [6, 6.07) is 1.39. The molecule has 1 aliphatic heterocycles. The number of carbonyl (C=O) groups is 1. The first-order valence-corrected chi connectivity index (χ1v) is 6.01. The number of hydrogen-bond acceptors (Lipinski definition) is 5. The topological polar surface area (TPSA) is 97.5 Å². The van der Waals surface area contributed by atoms with E-state index in [0.717, 1.165) is 25.9 Å². The van der Waals surface area contributed by atoms with Gasteiger partial charge in [-0.25, -0.2) is 9.78 Å². The number of nitrogens with one attached hydrogen (secondary N) is 1. The zero-order valence-corrected chi connectivity index (χ0v) is 10.1. The van der Waals surface area contributed by atoms with E-state index in [0.29, 0.717) is 18.5 Å². The molecule has 6 heteroatoms. The quantitative estimate of drug-likeness (QED) is 0.730. The van der Waals surface area contributed by atoms with E-state index in [1.54, 1.807) is 0 Å². The Morgan fingerprint density at radius 1 is 1.67 bits per heavy atom. The van der Waals surface area contributed by atoms with Crippen LogP contribution in [-0.2, 0) is 4.74 Å². The first-order chi connectivity index (χ1) is 8.68. The van der Waals surface area contributed by atoms with Gasteiger partial charge in [-0.15, -0.1) is 0 Å². The fourth-order valence-electron chi connectivity index (χ4n) is 2.02. The van der Waals surface area contributed by atoms with Crippen molar-refractivity contribution >= 4 is 17.5 Å². The zero-order valence-electron chi connectivity index (χ0n) is 10.1. The highest BCUT2D eigenvalue weighted by molar-refractivity contribution is 5.96. The van der Waals surface area contributed by atoms with Crippen molar-refractivity contribution < 1.29 is 14.6 Å². The highest BCUT2D eigenvalue weighted by Crippen LogP contribution is 2.21. The summed E-state index contributed by atoms with van der Waals surface area (Å²) >= 11 is 0. The van der Waals surface area contributed by atoms with Crippen molar-refractivity contribution in [1.29, 1.82) is 0 Å². The molecule has 0 saturated carbocycles. The van der Waals surface area contributed by atoms with Crippen LogP contribution in [0.25, 0.3) is 0 Å². The Hall–Kier alpha value is -1.82. The summed E-state index contributed by atoms with van der Waals surface area (Å²) in [6.07, 6.45) is 4.80. The van der Waals surface area contributed by atoms with Gasteiger partial charge in [-0.2, -0.15) is 0 Å². The Morgan fingerprint density at radius 3 is 3.17 bits per heavy atom. The number of ether oxygens (including phenoxy) is 1. The molecular weight excluding hydrogens is 234 g/mol. The summed E-state index contributed by atoms with van der Waals surface area (Å²) in [6.45, 7) is 1.50. The van der Waals surface area contributed by atoms with Crippen molar-refractivity contribution in [3.8, 4) is 0 Å². The molecule has 0 radical (unpaired) electrons. The van der Waals surface area contributed by atoms with Crippen molar-refractivity contribution in [2.24, 2.45) is 0 Å². The minimum absolute atomic E-state index is 0.0737. The molecule has 0 spiro atoms. The van der Waals surface area contributed by atoms with Gasteiger partial charge in [0.05, 0.1) is 17.4 Å². The minimum Gasteiger partial charge on any atom is -0.478 e. The predicted octanol–water partition coefficient (Wildman–Crippen LogP) is 1.34. The first kappa shape index (κ1) is 12.6. The molecule has 0 amide bonds. The van der Waals surface area contributed by atoms with Crippen LogP contribution in [0.3, 0.4) is 0 Å². The molecule has 18 heavy (non-hydrogen) atoms. The number of nitrogen functional groups attached to an aromatic ring is 1. The van der Waals surface area contributed by atoms with E-state index in [9.17, 15) is 4.79 Å². The number of nitrogens with two attached hydrogens (primary N) is 1. The van der Waals surface area contributed by atoms with Gasteiger partial charge < -0.3 is 20.9 Å². The van der Waals surface area contributed by atoms with Crippen LogP contribution in [0.15, 0.2) is 12.3 Å². The second kappa shape index (κ2) is 5.68. The molecule has 0 aromatic carbocycles. The van der Waals surface area contributed by atoms with Crippen LogP contribution in [0.4, 0.5) is 11.5 Å². The Morgan fingerprint density at radius 2 is 2.50 bits per heavy atom. The monoisotopic (exact) mass is 251 g/mol. The van der Waals surface area contributed by atoms with E-state index in [2.05, 4.69) is 10.3 Å². The average Bonchev–Trinajstić information content (AvgIpc) is 2.84. The van der Waals surface area contributed by atoms with E-state index >= 15 is 0 Å². The molecular formula is C12H17N3O3. The summed E-state index contributed by atoms with van der Waals surface area (Å²) in [5.74, 6) is -0.620. The SMILES string of the molecule is Nc1c(C(=O)O)ccnc1NCCC1CCCO1. The first-order valence-electron chi connectivity index (χ1n) is 6.01. The lowest BCUT2D eigenvalue weighted by atomic mass is 10.2. The number of pyridine rings is 1. The molecule has 1 aromatic heterocycles. The largest absolute Gasteiger partial charge is 0.478 e. The molecule has 4 N–H and O–H groups in total. The lowest BCUT2D eigenvalue weighted by molar-refractivity contribution is 0.0698. The number of rotatable bonds is 5. The minimum atomic E-state index is -1.04. The van der Waals surface area contributed by atoms with E-state index < -0.39 is 5.97 Å². The standard InChI is InChI=1S/C12H17N3O3/c13-10-9(12(16)17)4-6-15-11(10)14-5-3-8-2-1-7-18-8/h4,6,8H,1-3,5,7,13H2,(H,14,15)(H,16,17). The lowest BCUT2D eigenvalue weighted by Crippen LogP contribution is -2.15. The fourth-order valence-corrected chi connectivity index (χ4v) is 2.02. The van der Waals surface area contributed by atoms with E-state index in [4.69, 9.17) is 15.6 Å². The van der Waals surface area contributed by atoms with Crippen LogP contribution in [0.5, 0.6) is 0 Å². The van der Waals surface area contributed by atoms with Gasteiger partial charge in [-0.1, -0.05) is 0 Å². The van der Waals surface area contributed by atoms with Gasteiger partial charge in [-0.05, 0) is 25.3 Å². The molecule has 6 nitrogen and oxygen atoms in total. The van der Waals surface area contributed by atoms with Crippen molar-refractivity contribution in [2.75, 3.05) is 24.2 Å². The number of carboxylic acids is 1. The summed E-state index contributed by atoms with van der Waals surface area (Å²) in [4.78, 5) is 14.9. The maximum absolute atomic E-state index is 10.9. The van der Waals surface area contributed by atoms with Gasteiger partial charge in [0, 0.05) is 19.3 Å². The van der Waals surface area contributed by atoms with Gasteiger partial charge >= 0.3 is 5.97 Å². The average molecular weight is 251 g/mol. The van der Waals surface area contributed by atoms with Crippen LogP contribution in [0, 0.1) is 0 Å². The number of nitrogens with zero attached hydrogens (tertiary/aromatic N) is 1. The molecule has 1 aromatic rings. The fraction of sp³-hybridized carbons (Fsp3) is 0.500. The second-order valence-electron chi connectivity index (χ2n) is 4.28. The normalized spacial score (nSPS) is 18.8. The van der Waals surface area contributed by atoms with Crippen LogP contribution in [0.2, 0.25) is 0 Å². The van der Waals surface area contributed by atoms with Gasteiger partial charge in [0.2, 0.25) is 0 Å². The highest BCUT2D eigenvalue weighted by atomic mass is 16.5. The third-order valence-corrected chi connectivity index (χ3v) is 3.00. The molecule has 1 aliphatic rings.